The molecule has 6 heteroatoms. The molecule has 1 aromatic carbocycles. The van der Waals surface area contributed by atoms with Gasteiger partial charge in [0.15, 0.2) is 0 Å². The van der Waals surface area contributed by atoms with Crippen LogP contribution in [0, 0.1) is 0 Å². The molecule has 2 N–H and O–H groups in total. The smallest absolute Gasteiger partial charge is 0.0592 e. The van der Waals surface area contributed by atoms with Crippen LogP contribution in [0.2, 0.25) is 10.0 Å². The molecule has 2 rings (SSSR count). The molecule has 3 nitrogen and oxygen atoms in total. The summed E-state index contributed by atoms with van der Waals surface area (Å²) in [5.41, 5.74) is 7.21. The number of hydrogen-bond donors (Lipinski definition) is 1. The van der Waals surface area contributed by atoms with Gasteiger partial charge in [0.2, 0.25) is 0 Å². The zero-order valence-corrected chi connectivity index (χ0v) is 12.3. The highest BCUT2D eigenvalue weighted by Crippen LogP contribution is 2.25. The summed E-state index contributed by atoms with van der Waals surface area (Å²) in [6.45, 7) is 0.360. The van der Waals surface area contributed by atoms with Gasteiger partial charge in [0.05, 0.1) is 32.2 Å². The van der Waals surface area contributed by atoms with Crippen LogP contribution in [-0.2, 0) is 23.1 Å². The van der Waals surface area contributed by atoms with Crippen molar-refractivity contribution < 1.29 is 4.21 Å². The summed E-state index contributed by atoms with van der Waals surface area (Å²) < 4.78 is 12.3. The molecule has 100 valence electrons. The zero-order valence-electron chi connectivity index (χ0n) is 9.98. The molecule has 0 spiro atoms. The first-order valence-electron chi connectivity index (χ1n) is 5.57. The third-order valence-electron chi connectivity index (χ3n) is 2.53. The first kappa shape index (κ1) is 14.5. The van der Waals surface area contributed by atoms with Gasteiger partial charge in [0, 0.05) is 17.8 Å². The molecule has 1 aromatic heterocycles. The molecule has 19 heavy (non-hydrogen) atoms. The Morgan fingerprint density at radius 2 is 2.00 bits per heavy atom. The molecule has 2 aromatic rings. The van der Waals surface area contributed by atoms with Gasteiger partial charge in [-0.3, -0.25) is 9.19 Å². The van der Waals surface area contributed by atoms with Gasteiger partial charge < -0.3 is 5.73 Å². The van der Waals surface area contributed by atoms with E-state index < -0.39 is 10.8 Å². The molecule has 0 aliphatic heterocycles. The van der Waals surface area contributed by atoms with Crippen molar-refractivity contribution in [2.45, 2.75) is 17.2 Å². The average molecular weight is 315 g/mol. The Kier molecular flexibility index (Phi) is 4.93. The van der Waals surface area contributed by atoms with Crippen molar-refractivity contribution in [3.63, 3.8) is 0 Å². The summed E-state index contributed by atoms with van der Waals surface area (Å²) in [6, 6.07) is 8.61. The normalized spacial score (nSPS) is 12.4. The number of halogens is 2. The number of rotatable bonds is 4. The van der Waals surface area contributed by atoms with Crippen LogP contribution in [-0.4, -0.2) is 9.19 Å². The van der Waals surface area contributed by atoms with E-state index in [2.05, 4.69) is 4.98 Å². The number of benzene rings is 1. The van der Waals surface area contributed by atoms with Crippen LogP contribution in [0.1, 0.15) is 11.3 Å². The number of nitrogens with zero attached hydrogens (tertiary/aromatic N) is 1. The van der Waals surface area contributed by atoms with Crippen LogP contribution in [0.25, 0.3) is 0 Å². The summed E-state index contributed by atoms with van der Waals surface area (Å²) in [4.78, 5) is 4.64. The fourth-order valence-corrected chi connectivity index (χ4v) is 3.40. The largest absolute Gasteiger partial charge is 0.325 e. The molecule has 0 aliphatic carbocycles. The molecule has 0 aliphatic rings. The molecule has 0 saturated heterocycles. The monoisotopic (exact) mass is 314 g/mol. The summed E-state index contributed by atoms with van der Waals surface area (Å²) in [7, 11) is -1.25. The van der Waals surface area contributed by atoms with E-state index in [1.54, 1.807) is 24.4 Å². The maximum Gasteiger partial charge on any atom is 0.0592 e. The van der Waals surface area contributed by atoms with Gasteiger partial charge in [-0.2, -0.15) is 0 Å². The Hall–Kier alpha value is -0.940. The van der Waals surface area contributed by atoms with E-state index in [1.807, 2.05) is 12.1 Å². The highest BCUT2D eigenvalue weighted by molar-refractivity contribution is 7.84. The second-order valence-corrected chi connectivity index (χ2v) is 6.19. The number of hydrogen-bond acceptors (Lipinski definition) is 3. The van der Waals surface area contributed by atoms with E-state index in [1.165, 1.54) is 0 Å². The third-order valence-corrected chi connectivity index (χ3v) is 4.63. The Bertz CT molecular complexity index is 619. The molecule has 0 bridgehead atoms. The lowest BCUT2D eigenvalue weighted by molar-refractivity contribution is 0.682. The van der Waals surface area contributed by atoms with Gasteiger partial charge in [-0.1, -0.05) is 23.2 Å². The molecule has 0 radical (unpaired) electrons. The first-order chi connectivity index (χ1) is 9.10. The zero-order chi connectivity index (χ0) is 13.8. The summed E-state index contributed by atoms with van der Waals surface area (Å²) in [5.74, 6) is 0.357. The van der Waals surface area contributed by atoms with E-state index in [0.29, 0.717) is 27.2 Å². The minimum atomic E-state index is -1.25. The molecule has 0 amide bonds. The fourth-order valence-electron chi connectivity index (χ4n) is 1.61. The van der Waals surface area contributed by atoms with Gasteiger partial charge in [-0.25, -0.2) is 0 Å². The minimum absolute atomic E-state index is 0.357. The van der Waals surface area contributed by atoms with Crippen LogP contribution in [0.15, 0.2) is 41.4 Å². The second-order valence-electron chi connectivity index (χ2n) is 3.92. The summed E-state index contributed by atoms with van der Waals surface area (Å²) in [5, 5.41) is 0.973. The number of nitrogens with two attached hydrogens (primary N) is 1. The molecular formula is C13H12Cl2N2OS. The van der Waals surface area contributed by atoms with Crippen molar-refractivity contribution in [3.05, 3.63) is 57.8 Å². The lowest BCUT2D eigenvalue weighted by Crippen LogP contribution is -2.02. The Morgan fingerprint density at radius 3 is 2.74 bits per heavy atom. The van der Waals surface area contributed by atoms with Gasteiger partial charge in [0.25, 0.3) is 0 Å². The van der Waals surface area contributed by atoms with Crippen molar-refractivity contribution >= 4 is 34.0 Å². The van der Waals surface area contributed by atoms with E-state index in [4.69, 9.17) is 28.9 Å². The fraction of sp³-hybridized carbons (Fsp3) is 0.154. The van der Waals surface area contributed by atoms with Crippen molar-refractivity contribution in [2.24, 2.45) is 5.73 Å². The van der Waals surface area contributed by atoms with E-state index in [-0.39, 0.29) is 0 Å². The average Bonchev–Trinajstić information content (AvgIpc) is 2.41. The number of aromatic nitrogens is 1. The Balaban J connectivity index is 2.23. The van der Waals surface area contributed by atoms with Crippen molar-refractivity contribution in [1.29, 1.82) is 0 Å². The molecule has 0 saturated carbocycles. The first-order valence-corrected chi connectivity index (χ1v) is 7.65. The highest BCUT2D eigenvalue weighted by atomic mass is 35.5. The molecule has 1 atom stereocenters. The minimum Gasteiger partial charge on any atom is -0.325 e. The quantitative estimate of drug-likeness (QED) is 0.943. The van der Waals surface area contributed by atoms with Crippen LogP contribution in [0.5, 0.6) is 0 Å². The lowest BCUT2D eigenvalue weighted by atomic mass is 10.2. The van der Waals surface area contributed by atoms with Gasteiger partial charge in [-0.15, -0.1) is 0 Å². The Morgan fingerprint density at radius 1 is 1.21 bits per heavy atom. The Labute approximate surface area is 124 Å². The highest BCUT2D eigenvalue weighted by Gasteiger charge is 2.10. The van der Waals surface area contributed by atoms with Crippen molar-refractivity contribution in [1.82, 2.24) is 4.98 Å². The van der Waals surface area contributed by atoms with Crippen molar-refractivity contribution in [2.75, 3.05) is 0 Å². The predicted octanol–water partition coefficient (Wildman–Crippen LogP) is 3.15. The number of pyridine rings is 1. The summed E-state index contributed by atoms with van der Waals surface area (Å²) >= 11 is 11.9. The molecule has 0 fully saturated rings. The van der Waals surface area contributed by atoms with Gasteiger partial charge in [-0.05, 0) is 35.9 Å². The SMILES string of the molecule is NCc1cc(CS(=O)c2cc(Cl)ccc2Cl)ccn1. The van der Waals surface area contributed by atoms with E-state index in [9.17, 15) is 4.21 Å². The maximum absolute atomic E-state index is 12.3. The van der Waals surface area contributed by atoms with Crippen LogP contribution < -0.4 is 5.73 Å². The molecular weight excluding hydrogens is 303 g/mol. The van der Waals surface area contributed by atoms with Crippen LogP contribution in [0.4, 0.5) is 0 Å². The lowest BCUT2D eigenvalue weighted by Gasteiger charge is -2.06. The van der Waals surface area contributed by atoms with Crippen LogP contribution >= 0.6 is 23.2 Å². The summed E-state index contributed by atoms with van der Waals surface area (Å²) in [6.07, 6.45) is 1.66. The second kappa shape index (κ2) is 6.48. The topological polar surface area (TPSA) is 56.0 Å². The third kappa shape index (κ3) is 3.76. The maximum atomic E-state index is 12.3. The molecule has 1 heterocycles. The van der Waals surface area contributed by atoms with Gasteiger partial charge in [0.1, 0.15) is 0 Å². The van der Waals surface area contributed by atoms with E-state index >= 15 is 0 Å². The predicted molar refractivity (Wildman–Crippen MR) is 78.7 cm³/mol. The van der Waals surface area contributed by atoms with Gasteiger partial charge >= 0.3 is 0 Å². The standard InChI is InChI=1S/C13H12Cl2N2OS/c14-10-1-2-12(15)13(6-10)19(18)8-9-3-4-17-11(5-9)7-16/h1-6H,7-8,16H2. The van der Waals surface area contributed by atoms with E-state index in [0.717, 1.165) is 11.3 Å². The molecule has 1 unspecified atom stereocenters. The van der Waals surface area contributed by atoms with Crippen molar-refractivity contribution in [3.8, 4) is 0 Å². The van der Waals surface area contributed by atoms with Crippen LogP contribution in [0.3, 0.4) is 0 Å².